The minimum absolute atomic E-state index is 0.199. The summed E-state index contributed by atoms with van der Waals surface area (Å²) >= 11 is 1.22. The average molecular weight is 444 g/mol. The van der Waals surface area contributed by atoms with Gasteiger partial charge in [-0.15, -0.1) is 11.3 Å². The lowest BCUT2D eigenvalue weighted by Crippen LogP contribution is -2.27. The molecule has 2 heterocycles. The molecule has 2 aromatic heterocycles. The van der Waals surface area contributed by atoms with Crippen LogP contribution >= 0.6 is 11.3 Å². The van der Waals surface area contributed by atoms with Crippen molar-refractivity contribution in [2.24, 2.45) is 0 Å². The SMILES string of the molecule is O=C(Cn1c(=O)cnc2ccccc21)Nc1ncc(Cc2ccc(C(F)(F)F)cc2)s1. The van der Waals surface area contributed by atoms with Crippen LogP contribution < -0.4 is 10.9 Å². The van der Waals surface area contributed by atoms with Crippen molar-refractivity contribution in [3.8, 4) is 0 Å². The van der Waals surface area contributed by atoms with Crippen LogP contribution in [0.15, 0.2) is 65.7 Å². The molecule has 4 aromatic rings. The lowest BCUT2D eigenvalue weighted by molar-refractivity contribution is -0.137. The summed E-state index contributed by atoms with van der Waals surface area (Å²) in [6.07, 6.45) is -1.25. The summed E-state index contributed by atoms with van der Waals surface area (Å²) in [4.78, 5) is 33.6. The van der Waals surface area contributed by atoms with E-state index in [-0.39, 0.29) is 6.54 Å². The third kappa shape index (κ3) is 4.80. The Morgan fingerprint density at radius 2 is 1.77 bits per heavy atom. The number of thiazole rings is 1. The summed E-state index contributed by atoms with van der Waals surface area (Å²) in [5.74, 6) is -0.422. The van der Waals surface area contributed by atoms with Gasteiger partial charge in [0.2, 0.25) is 5.91 Å². The maximum atomic E-state index is 12.7. The Balaban J connectivity index is 1.43. The monoisotopic (exact) mass is 444 g/mol. The van der Waals surface area contributed by atoms with E-state index in [1.54, 1.807) is 30.5 Å². The van der Waals surface area contributed by atoms with E-state index in [9.17, 15) is 22.8 Å². The van der Waals surface area contributed by atoms with E-state index >= 15 is 0 Å². The molecule has 1 N–H and O–H groups in total. The fourth-order valence-corrected chi connectivity index (χ4v) is 3.90. The lowest BCUT2D eigenvalue weighted by Gasteiger charge is -2.08. The number of carbonyl (C=O) groups is 1. The van der Waals surface area contributed by atoms with Gasteiger partial charge in [0.1, 0.15) is 6.54 Å². The average Bonchev–Trinajstić information content (AvgIpc) is 3.16. The Morgan fingerprint density at radius 3 is 2.52 bits per heavy atom. The summed E-state index contributed by atoms with van der Waals surface area (Å²) in [6.45, 7) is -0.199. The van der Waals surface area contributed by atoms with Crippen molar-refractivity contribution in [2.75, 3.05) is 5.32 Å². The first-order valence-electron chi connectivity index (χ1n) is 9.15. The number of carbonyl (C=O) groups excluding carboxylic acids is 1. The molecule has 10 heteroatoms. The second-order valence-electron chi connectivity index (χ2n) is 6.72. The molecule has 0 aliphatic heterocycles. The highest BCUT2D eigenvalue weighted by Crippen LogP contribution is 2.30. The van der Waals surface area contributed by atoms with Gasteiger partial charge in [0.15, 0.2) is 5.13 Å². The van der Waals surface area contributed by atoms with Crippen molar-refractivity contribution in [2.45, 2.75) is 19.1 Å². The van der Waals surface area contributed by atoms with Crippen molar-refractivity contribution >= 4 is 33.4 Å². The Hall–Kier alpha value is -3.53. The second-order valence-corrected chi connectivity index (χ2v) is 7.84. The zero-order valence-electron chi connectivity index (χ0n) is 15.9. The van der Waals surface area contributed by atoms with Crippen LogP contribution in [0.2, 0.25) is 0 Å². The topological polar surface area (TPSA) is 76.9 Å². The van der Waals surface area contributed by atoms with Crippen LogP contribution in [0.1, 0.15) is 16.0 Å². The Bertz CT molecular complexity index is 1300. The maximum absolute atomic E-state index is 12.7. The summed E-state index contributed by atoms with van der Waals surface area (Å²) in [5, 5.41) is 3.00. The molecule has 0 spiro atoms. The van der Waals surface area contributed by atoms with Crippen molar-refractivity contribution in [1.29, 1.82) is 0 Å². The first kappa shape index (κ1) is 20.7. The van der Waals surface area contributed by atoms with Gasteiger partial charge in [0, 0.05) is 17.5 Å². The molecule has 0 fully saturated rings. The molecule has 0 saturated carbocycles. The van der Waals surface area contributed by atoms with Crippen molar-refractivity contribution in [3.63, 3.8) is 0 Å². The van der Waals surface area contributed by atoms with Gasteiger partial charge in [0.05, 0.1) is 22.8 Å². The minimum atomic E-state index is -4.37. The van der Waals surface area contributed by atoms with Gasteiger partial charge in [-0.25, -0.2) is 9.97 Å². The van der Waals surface area contributed by atoms with Gasteiger partial charge >= 0.3 is 6.18 Å². The predicted molar refractivity (Wildman–Crippen MR) is 111 cm³/mol. The molecular formula is C21H15F3N4O2S. The highest BCUT2D eigenvalue weighted by Gasteiger charge is 2.29. The molecule has 31 heavy (non-hydrogen) atoms. The molecule has 6 nitrogen and oxygen atoms in total. The predicted octanol–water partition coefficient (Wildman–Crippen LogP) is 4.10. The fourth-order valence-electron chi connectivity index (χ4n) is 3.04. The number of nitrogens with zero attached hydrogens (tertiary/aromatic N) is 3. The van der Waals surface area contributed by atoms with Crippen LogP contribution in [-0.4, -0.2) is 20.4 Å². The van der Waals surface area contributed by atoms with Crippen LogP contribution in [-0.2, 0) is 23.9 Å². The number of para-hydroxylation sites is 2. The summed E-state index contributed by atoms with van der Waals surface area (Å²) in [7, 11) is 0. The third-order valence-corrected chi connectivity index (χ3v) is 5.43. The zero-order chi connectivity index (χ0) is 22.0. The van der Waals surface area contributed by atoms with Crippen molar-refractivity contribution < 1.29 is 18.0 Å². The Morgan fingerprint density at radius 1 is 1.03 bits per heavy atom. The zero-order valence-corrected chi connectivity index (χ0v) is 16.7. The number of anilines is 1. The summed E-state index contributed by atoms with van der Waals surface area (Å²) in [5.41, 5.74) is 0.753. The number of halogens is 3. The first-order valence-corrected chi connectivity index (χ1v) is 9.96. The third-order valence-electron chi connectivity index (χ3n) is 4.51. The molecule has 0 saturated heterocycles. The van der Waals surface area contributed by atoms with Crippen LogP contribution in [0.25, 0.3) is 11.0 Å². The highest BCUT2D eigenvalue weighted by molar-refractivity contribution is 7.15. The molecule has 0 aliphatic carbocycles. The quantitative estimate of drug-likeness (QED) is 0.503. The highest BCUT2D eigenvalue weighted by atomic mass is 32.1. The lowest BCUT2D eigenvalue weighted by atomic mass is 10.1. The number of fused-ring (bicyclic) bond motifs is 1. The van der Waals surface area contributed by atoms with Crippen LogP contribution in [0.5, 0.6) is 0 Å². The molecule has 0 aliphatic rings. The molecule has 0 radical (unpaired) electrons. The molecule has 158 valence electrons. The normalized spacial score (nSPS) is 11.6. The van der Waals surface area contributed by atoms with E-state index in [0.29, 0.717) is 28.1 Å². The first-order chi connectivity index (χ1) is 14.8. The van der Waals surface area contributed by atoms with E-state index < -0.39 is 23.2 Å². The second kappa shape index (κ2) is 8.31. The number of nitrogens with one attached hydrogen (secondary N) is 1. The van der Waals surface area contributed by atoms with Gasteiger partial charge in [-0.1, -0.05) is 24.3 Å². The Labute approximate surface area is 178 Å². The number of benzene rings is 2. The molecule has 0 atom stereocenters. The van der Waals surface area contributed by atoms with Gasteiger partial charge in [-0.05, 0) is 29.8 Å². The van der Waals surface area contributed by atoms with Crippen molar-refractivity contribution in [1.82, 2.24) is 14.5 Å². The smallest absolute Gasteiger partial charge is 0.300 e. The fraction of sp³-hybridized carbons (Fsp3) is 0.143. The number of rotatable bonds is 5. The van der Waals surface area contributed by atoms with E-state index in [2.05, 4.69) is 15.3 Å². The van der Waals surface area contributed by atoms with Gasteiger partial charge in [0.25, 0.3) is 5.56 Å². The summed E-state index contributed by atoms with van der Waals surface area (Å²) in [6, 6.07) is 11.9. The van der Waals surface area contributed by atoms with E-state index in [1.165, 1.54) is 34.2 Å². The van der Waals surface area contributed by atoms with Crippen LogP contribution in [0, 0.1) is 0 Å². The number of hydrogen-bond acceptors (Lipinski definition) is 5. The molecular weight excluding hydrogens is 429 g/mol. The number of amides is 1. The Kier molecular flexibility index (Phi) is 5.55. The number of alkyl halides is 3. The number of aromatic nitrogens is 3. The van der Waals surface area contributed by atoms with E-state index in [1.807, 2.05) is 0 Å². The van der Waals surface area contributed by atoms with E-state index in [4.69, 9.17) is 0 Å². The number of hydrogen-bond donors (Lipinski definition) is 1. The molecule has 1 amide bonds. The van der Waals surface area contributed by atoms with Gasteiger partial charge < -0.3 is 5.32 Å². The summed E-state index contributed by atoms with van der Waals surface area (Å²) < 4.78 is 39.3. The minimum Gasteiger partial charge on any atom is -0.300 e. The molecule has 0 unspecified atom stereocenters. The van der Waals surface area contributed by atoms with Crippen LogP contribution in [0.3, 0.4) is 0 Å². The van der Waals surface area contributed by atoms with Crippen LogP contribution in [0.4, 0.5) is 18.3 Å². The molecule has 0 bridgehead atoms. The molecule has 4 rings (SSSR count). The van der Waals surface area contributed by atoms with E-state index in [0.717, 1.165) is 17.0 Å². The van der Waals surface area contributed by atoms with Gasteiger partial charge in [-0.3, -0.25) is 14.2 Å². The maximum Gasteiger partial charge on any atom is 0.416 e. The molecule has 2 aromatic carbocycles. The van der Waals surface area contributed by atoms with Crippen molar-refractivity contribution in [3.05, 3.63) is 87.3 Å². The largest absolute Gasteiger partial charge is 0.416 e. The standard InChI is InChI=1S/C21H15F3N4O2S/c22-21(23,24)14-7-5-13(6-8-14)9-15-10-26-20(31-15)27-18(29)12-28-17-4-2-1-3-16(17)25-11-19(28)30/h1-8,10-11H,9,12H2,(H,26,27,29). The van der Waals surface area contributed by atoms with Gasteiger partial charge in [-0.2, -0.15) is 13.2 Å².